The third kappa shape index (κ3) is 2.31. The highest BCUT2D eigenvalue weighted by Crippen LogP contribution is 2.36. The molecule has 3 rings (SSSR count). The van der Waals surface area contributed by atoms with Gasteiger partial charge in [-0.3, -0.25) is 4.79 Å². The van der Waals surface area contributed by atoms with Crippen LogP contribution in [-0.2, 0) is 6.54 Å². The van der Waals surface area contributed by atoms with Crippen molar-refractivity contribution in [1.82, 2.24) is 9.47 Å². The van der Waals surface area contributed by atoms with Crippen LogP contribution in [0.5, 0.6) is 0 Å². The van der Waals surface area contributed by atoms with E-state index < -0.39 is 0 Å². The summed E-state index contributed by atoms with van der Waals surface area (Å²) < 4.78 is 4.54. The lowest BCUT2D eigenvalue weighted by molar-refractivity contribution is 0.0790. The molecule has 2 heterocycles. The van der Waals surface area contributed by atoms with Crippen molar-refractivity contribution < 1.29 is 4.79 Å². The molecule has 0 saturated heterocycles. The molecule has 1 saturated carbocycles. The lowest BCUT2D eigenvalue weighted by Gasteiger charge is -2.27. The molecule has 0 radical (unpaired) electrons. The molecule has 20 heavy (non-hydrogen) atoms. The first-order valence-corrected chi connectivity index (χ1v) is 8.80. The highest BCUT2D eigenvalue weighted by Gasteiger charge is 2.25. The van der Waals surface area contributed by atoms with E-state index in [4.69, 9.17) is 0 Å². The molecule has 1 aliphatic carbocycles. The van der Waals surface area contributed by atoms with Crippen LogP contribution in [0.1, 0.15) is 36.7 Å². The van der Waals surface area contributed by atoms with E-state index in [9.17, 15) is 4.79 Å². The number of hydrogen-bond donors (Lipinski definition) is 0. The number of nitrogens with zero attached hydrogens (tertiary/aromatic N) is 2. The number of thiophene rings is 1. The molecule has 0 unspecified atom stereocenters. The third-order valence-electron chi connectivity index (χ3n) is 4.28. The fourth-order valence-electron chi connectivity index (χ4n) is 2.67. The normalized spacial score (nSPS) is 15.6. The maximum Gasteiger partial charge on any atom is 0.270 e. The second-order valence-electron chi connectivity index (χ2n) is 5.55. The zero-order valence-electron chi connectivity index (χ0n) is 11.9. The smallest absolute Gasteiger partial charge is 0.270 e. The van der Waals surface area contributed by atoms with Crippen molar-refractivity contribution in [1.29, 1.82) is 0 Å². The predicted molar refractivity (Wildman–Crippen MR) is 87.5 cm³/mol. The quantitative estimate of drug-likeness (QED) is 0.800. The van der Waals surface area contributed by atoms with Gasteiger partial charge in [-0.1, -0.05) is 6.42 Å². The number of hydrogen-bond acceptors (Lipinski definition) is 2. The molecule has 2 aromatic heterocycles. The van der Waals surface area contributed by atoms with E-state index >= 15 is 0 Å². The van der Waals surface area contributed by atoms with Crippen molar-refractivity contribution in [2.75, 3.05) is 13.6 Å². The third-order valence-corrected chi connectivity index (χ3v) is 6.11. The molecule has 3 nitrogen and oxygen atoms in total. The van der Waals surface area contributed by atoms with Gasteiger partial charge in [0.1, 0.15) is 5.69 Å². The molecule has 0 aromatic carbocycles. The molecule has 0 aliphatic heterocycles. The van der Waals surface area contributed by atoms with E-state index in [0.29, 0.717) is 0 Å². The van der Waals surface area contributed by atoms with Gasteiger partial charge in [0.15, 0.2) is 0 Å². The van der Waals surface area contributed by atoms with Crippen molar-refractivity contribution in [3.8, 4) is 0 Å². The topological polar surface area (TPSA) is 25.2 Å². The Morgan fingerprint density at radius 3 is 2.90 bits per heavy atom. The second-order valence-corrected chi connectivity index (χ2v) is 7.32. The number of rotatable bonds is 4. The van der Waals surface area contributed by atoms with Gasteiger partial charge in [0.05, 0.1) is 14.7 Å². The number of carbonyl (C=O) groups excluding carboxylic acids is 1. The Kier molecular flexibility index (Phi) is 3.91. The first-order valence-electron chi connectivity index (χ1n) is 7.13. The zero-order chi connectivity index (χ0) is 14.3. The molecule has 0 bridgehead atoms. The van der Waals surface area contributed by atoms with Crippen LogP contribution in [0.2, 0.25) is 0 Å². The summed E-state index contributed by atoms with van der Waals surface area (Å²) in [6, 6.07) is 2.05. The summed E-state index contributed by atoms with van der Waals surface area (Å²) in [5.41, 5.74) is 2.03. The predicted octanol–water partition coefficient (Wildman–Crippen LogP) is 4.36. The summed E-state index contributed by atoms with van der Waals surface area (Å²) in [4.78, 5) is 14.3. The summed E-state index contributed by atoms with van der Waals surface area (Å²) in [6.07, 6.45) is 3.91. The van der Waals surface area contributed by atoms with Gasteiger partial charge in [0, 0.05) is 25.5 Å². The summed E-state index contributed by atoms with van der Waals surface area (Å²) in [5.74, 6) is 0.859. The molecule has 0 spiro atoms. The average Bonchev–Trinajstić information content (AvgIpc) is 2.93. The fraction of sp³-hybridized carbons (Fsp3) is 0.533. The number of carbonyl (C=O) groups is 1. The Bertz CT molecular complexity index is 642. The summed E-state index contributed by atoms with van der Waals surface area (Å²) >= 11 is 5.33. The van der Waals surface area contributed by atoms with Crippen LogP contribution < -0.4 is 0 Å². The highest BCUT2D eigenvalue weighted by atomic mass is 79.9. The van der Waals surface area contributed by atoms with Gasteiger partial charge in [-0.25, -0.2) is 0 Å². The van der Waals surface area contributed by atoms with Crippen molar-refractivity contribution in [2.24, 2.45) is 5.92 Å². The van der Waals surface area contributed by atoms with Crippen molar-refractivity contribution >= 4 is 43.4 Å². The molecule has 0 N–H and O–H groups in total. The Hall–Kier alpha value is -0.810. The Balaban J connectivity index is 2.05. The van der Waals surface area contributed by atoms with E-state index in [0.717, 1.165) is 29.2 Å². The maximum atomic E-state index is 12.6. The number of halogens is 1. The van der Waals surface area contributed by atoms with Gasteiger partial charge in [-0.05, 0) is 47.7 Å². The van der Waals surface area contributed by atoms with E-state index in [1.807, 2.05) is 14.0 Å². The van der Waals surface area contributed by atoms with Crippen LogP contribution in [0, 0.1) is 5.92 Å². The van der Waals surface area contributed by atoms with E-state index in [1.54, 1.807) is 16.2 Å². The maximum absolute atomic E-state index is 12.6. The minimum Gasteiger partial charge on any atom is -0.341 e. The standard InChI is InChI=1S/C15H19BrN2OS/c1-3-17(2)15(19)12-7-13-14(11(16)9-20-13)18(12)8-10-5-4-6-10/h7,9-10H,3-6,8H2,1-2H3. The van der Waals surface area contributed by atoms with Crippen LogP contribution >= 0.6 is 27.3 Å². The van der Waals surface area contributed by atoms with Gasteiger partial charge in [0.25, 0.3) is 5.91 Å². The first kappa shape index (κ1) is 14.1. The van der Waals surface area contributed by atoms with Gasteiger partial charge in [-0.15, -0.1) is 11.3 Å². The second kappa shape index (κ2) is 5.53. The number of amides is 1. The SMILES string of the molecule is CCN(C)C(=O)c1cc2scc(Br)c2n1CC1CCC1. The van der Waals surface area contributed by atoms with Crippen molar-refractivity contribution in [3.05, 3.63) is 21.6 Å². The lowest BCUT2D eigenvalue weighted by Crippen LogP contribution is -2.29. The number of aromatic nitrogens is 1. The Morgan fingerprint density at radius 1 is 1.55 bits per heavy atom. The molecular weight excluding hydrogens is 336 g/mol. The molecule has 1 fully saturated rings. The van der Waals surface area contributed by atoms with Crippen molar-refractivity contribution in [2.45, 2.75) is 32.7 Å². The summed E-state index contributed by atoms with van der Waals surface area (Å²) in [5, 5.41) is 2.11. The molecular formula is C15H19BrN2OS. The minimum absolute atomic E-state index is 0.127. The molecule has 108 valence electrons. The zero-order valence-corrected chi connectivity index (χ0v) is 14.3. The number of fused-ring (bicyclic) bond motifs is 1. The first-order chi connectivity index (χ1) is 9.61. The fourth-order valence-corrected chi connectivity index (χ4v) is 4.36. The Morgan fingerprint density at radius 2 is 2.30 bits per heavy atom. The Labute approximate surface area is 131 Å². The minimum atomic E-state index is 0.127. The van der Waals surface area contributed by atoms with Crippen LogP contribution in [0.3, 0.4) is 0 Å². The molecule has 1 amide bonds. The monoisotopic (exact) mass is 354 g/mol. The highest BCUT2D eigenvalue weighted by molar-refractivity contribution is 9.10. The van der Waals surface area contributed by atoms with Gasteiger partial charge in [-0.2, -0.15) is 0 Å². The molecule has 1 aliphatic rings. The molecule has 0 atom stereocenters. The van der Waals surface area contributed by atoms with E-state index in [-0.39, 0.29) is 5.91 Å². The van der Waals surface area contributed by atoms with Crippen LogP contribution in [0.15, 0.2) is 15.9 Å². The van der Waals surface area contributed by atoms with Gasteiger partial charge in [0.2, 0.25) is 0 Å². The average molecular weight is 355 g/mol. The lowest BCUT2D eigenvalue weighted by atomic mass is 9.85. The molecule has 2 aromatic rings. The largest absolute Gasteiger partial charge is 0.341 e. The van der Waals surface area contributed by atoms with Crippen LogP contribution in [-0.4, -0.2) is 29.0 Å². The van der Waals surface area contributed by atoms with Gasteiger partial charge >= 0.3 is 0 Å². The van der Waals surface area contributed by atoms with E-state index in [2.05, 4.69) is 31.9 Å². The summed E-state index contributed by atoms with van der Waals surface area (Å²) in [6.45, 7) is 3.72. The summed E-state index contributed by atoms with van der Waals surface area (Å²) in [7, 11) is 1.87. The molecule has 5 heteroatoms. The van der Waals surface area contributed by atoms with Crippen LogP contribution in [0.25, 0.3) is 10.2 Å². The van der Waals surface area contributed by atoms with Gasteiger partial charge < -0.3 is 9.47 Å². The van der Waals surface area contributed by atoms with E-state index in [1.165, 1.54) is 29.5 Å². The van der Waals surface area contributed by atoms with Crippen molar-refractivity contribution in [3.63, 3.8) is 0 Å². The van der Waals surface area contributed by atoms with Crippen LogP contribution in [0.4, 0.5) is 0 Å².